The second kappa shape index (κ2) is 7.26. The van der Waals surface area contributed by atoms with E-state index in [-0.39, 0.29) is 5.91 Å². The number of halogens is 1. The average molecular weight is 367 g/mol. The van der Waals surface area contributed by atoms with Crippen LogP contribution in [0.2, 0.25) is 0 Å². The lowest BCUT2D eigenvalue weighted by Crippen LogP contribution is -3.14. The number of aromatic amines is 1. The number of carbonyl (C=O) groups is 1. The molecule has 0 atom stereocenters. The summed E-state index contributed by atoms with van der Waals surface area (Å²) in [5.74, 6) is -0.0377. The highest BCUT2D eigenvalue weighted by atomic mass is 79.9. The molecule has 5 nitrogen and oxygen atoms in total. The molecule has 0 bridgehead atoms. The molecule has 0 unspecified atom stereocenters. The molecule has 0 radical (unpaired) electrons. The number of morpholine rings is 1. The number of quaternary nitrogens is 1. The van der Waals surface area contributed by atoms with Gasteiger partial charge < -0.3 is 19.9 Å². The first-order chi connectivity index (χ1) is 10.7. The predicted molar refractivity (Wildman–Crippen MR) is 89.3 cm³/mol. The Morgan fingerprint density at radius 2 is 2.14 bits per heavy atom. The Bertz CT molecular complexity index is 650. The van der Waals surface area contributed by atoms with Crippen LogP contribution in [0.5, 0.6) is 0 Å². The molecule has 2 aromatic rings. The smallest absolute Gasteiger partial charge is 0.267 e. The summed E-state index contributed by atoms with van der Waals surface area (Å²) >= 11 is 3.44. The molecular formula is C16H21BrN3O2+. The summed E-state index contributed by atoms with van der Waals surface area (Å²) in [6.07, 6.45) is 0.993. The minimum Gasteiger partial charge on any atom is -0.370 e. The fourth-order valence-corrected chi connectivity index (χ4v) is 3.15. The van der Waals surface area contributed by atoms with Gasteiger partial charge in [0.05, 0.1) is 19.8 Å². The summed E-state index contributed by atoms with van der Waals surface area (Å²) in [6, 6.07) is 7.83. The quantitative estimate of drug-likeness (QED) is 0.690. The van der Waals surface area contributed by atoms with Crippen LogP contribution in [0.25, 0.3) is 10.9 Å². The van der Waals surface area contributed by atoms with E-state index < -0.39 is 0 Å². The molecule has 2 heterocycles. The molecule has 0 aliphatic carbocycles. The fourth-order valence-electron chi connectivity index (χ4n) is 2.77. The largest absolute Gasteiger partial charge is 0.370 e. The molecule has 1 aliphatic rings. The third-order valence-electron chi connectivity index (χ3n) is 4.02. The monoisotopic (exact) mass is 366 g/mol. The third kappa shape index (κ3) is 3.88. The van der Waals surface area contributed by atoms with Crippen molar-refractivity contribution in [2.45, 2.75) is 6.42 Å². The van der Waals surface area contributed by atoms with Gasteiger partial charge in [0, 0.05) is 28.3 Å². The summed E-state index contributed by atoms with van der Waals surface area (Å²) < 4.78 is 6.35. The van der Waals surface area contributed by atoms with Crippen molar-refractivity contribution in [2.24, 2.45) is 0 Å². The van der Waals surface area contributed by atoms with Crippen LogP contribution < -0.4 is 10.2 Å². The van der Waals surface area contributed by atoms with Crippen molar-refractivity contribution in [2.75, 3.05) is 39.4 Å². The van der Waals surface area contributed by atoms with Gasteiger partial charge in [0.25, 0.3) is 5.91 Å². The number of H-pyrrole nitrogens is 1. The number of carbonyl (C=O) groups excluding carboxylic acids is 1. The van der Waals surface area contributed by atoms with E-state index in [0.29, 0.717) is 12.2 Å². The SMILES string of the molecule is O=C(NCCC[NH+]1CCOCC1)c1cc2cc(Br)ccc2[nH]1. The van der Waals surface area contributed by atoms with Crippen LogP contribution in [0.15, 0.2) is 28.7 Å². The van der Waals surface area contributed by atoms with Crippen molar-refractivity contribution in [1.29, 1.82) is 0 Å². The van der Waals surface area contributed by atoms with E-state index in [9.17, 15) is 4.79 Å². The van der Waals surface area contributed by atoms with E-state index in [1.807, 2.05) is 24.3 Å². The maximum absolute atomic E-state index is 12.2. The van der Waals surface area contributed by atoms with Crippen molar-refractivity contribution in [1.82, 2.24) is 10.3 Å². The lowest BCUT2D eigenvalue weighted by Gasteiger charge is -2.23. The van der Waals surface area contributed by atoms with E-state index in [1.54, 1.807) is 4.90 Å². The molecule has 3 rings (SSSR count). The van der Waals surface area contributed by atoms with E-state index in [1.165, 1.54) is 0 Å². The van der Waals surface area contributed by atoms with Gasteiger partial charge >= 0.3 is 0 Å². The highest BCUT2D eigenvalue weighted by Gasteiger charge is 2.13. The molecule has 0 spiro atoms. The Morgan fingerprint density at radius 1 is 1.32 bits per heavy atom. The van der Waals surface area contributed by atoms with E-state index in [2.05, 4.69) is 26.2 Å². The van der Waals surface area contributed by atoms with Gasteiger partial charge in [0.15, 0.2) is 0 Å². The summed E-state index contributed by atoms with van der Waals surface area (Å²) in [6.45, 7) is 5.65. The Morgan fingerprint density at radius 3 is 2.95 bits per heavy atom. The molecule has 118 valence electrons. The van der Waals surface area contributed by atoms with Gasteiger partial charge in [-0.1, -0.05) is 15.9 Å². The molecule has 0 saturated carbocycles. The van der Waals surface area contributed by atoms with Crippen LogP contribution in [0.4, 0.5) is 0 Å². The molecule has 1 amide bonds. The first-order valence-corrected chi connectivity index (χ1v) is 8.49. The molecule has 1 aliphatic heterocycles. The molecule has 1 saturated heterocycles. The lowest BCUT2D eigenvalue weighted by molar-refractivity contribution is -0.908. The number of hydrogen-bond donors (Lipinski definition) is 3. The van der Waals surface area contributed by atoms with Gasteiger partial charge in [0.2, 0.25) is 0 Å². The Kier molecular flexibility index (Phi) is 5.12. The van der Waals surface area contributed by atoms with Crippen LogP contribution in [-0.4, -0.2) is 50.3 Å². The summed E-state index contributed by atoms with van der Waals surface area (Å²) in [5.41, 5.74) is 1.60. The second-order valence-corrected chi connectivity index (χ2v) is 6.55. The number of rotatable bonds is 5. The first-order valence-electron chi connectivity index (χ1n) is 7.70. The highest BCUT2D eigenvalue weighted by molar-refractivity contribution is 9.10. The van der Waals surface area contributed by atoms with E-state index in [4.69, 9.17) is 4.74 Å². The second-order valence-electron chi connectivity index (χ2n) is 5.64. The van der Waals surface area contributed by atoms with Gasteiger partial charge in [-0.2, -0.15) is 0 Å². The molecular weight excluding hydrogens is 346 g/mol. The third-order valence-corrected chi connectivity index (χ3v) is 4.51. The Hall–Kier alpha value is -1.37. The molecule has 1 fully saturated rings. The van der Waals surface area contributed by atoms with Crippen molar-refractivity contribution in [3.05, 3.63) is 34.4 Å². The normalized spacial score (nSPS) is 16.0. The maximum Gasteiger partial charge on any atom is 0.267 e. The Labute approximate surface area is 138 Å². The molecule has 3 N–H and O–H groups in total. The standard InChI is InChI=1S/C16H20BrN3O2/c17-13-2-3-14-12(10-13)11-15(19-14)16(21)18-4-1-5-20-6-8-22-9-7-20/h2-3,10-11,19H,1,4-9H2,(H,18,21)/p+1. The van der Waals surface area contributed by atoms with Crippen molar-refractivity contribution in [3.63, 3.8) is 0 Å². The van der Waals surface area contributed by atoms with Crippen molar-refractivity contribution in [3.8, 4) is 0 Å². The summed E-state index contributed by atoms with van der Waals surface area (Å²) in [5, 5.41) is 4.03. The van der Waals surface area contributed by atoms with Crippen molar-refractivity contribution >= 4 is 32.7 Å². The van der Waals surface area contributed by atoms with Gasteiger partial charge in [0.1, 0.15) is 18.8 Å². The number of benzene rings is 1. The highest BCUT2D eigenvalue weighted by Crippen LogP contribution is 2.20. The van der Waals surface area contributed by atoms with Crippen LogP contribution in [-0.2, 0) is 4.74 Å². The summed E-state index contributed by atoms with van der Waals surface area (Å²) in [4.78, 5) is 16.9. The van der Waals surface area contributed by atoms with Crippen LogP contribution in [0.3, 0.4) is 0 Å². The van der Waals surface area contributed by atoms with Crippen molar-refractivity contribution < 1.29 is 14.4 Å². The number of nitrogens with one attached hydrogen (secondary N) is 3. The number of ether oxygens (including phenoxy) is 1. The zero-order chi connectivity index (χ0) is 15.4. The lowest BCUT2D eigenvalue weighted by atomic mass is 10.2. The van der Waals surface area contributed by atoms with Crippen LogP contribution in [0.1, 0.15) is 16.9 Å². The van der Waals surface area contributed by atoms with Gasteiger partial charge in [-0.05, 0) is 24.3 Å². The van der Waals surface area contributed by atoms with Gasteiger partial charge in [-0.25, -0.2) is 0 Å². The van der Waals surface area contributed by atoms with E-state index in [0.717, 1.165) is 54.6 Å². The number of fused-ring (bicyclic) bond motifs is 1. The summed E-state index contributed by atoms with van der Waals surface area (Å²) in [7, 11) is 0. The number of amides is 1. The minimum atomic E-state index is -0.0377. The number of hydrogen-bond acceptors (Lipinski definition) is 2. The van der Waals surface area contributed by atoms with Crippen LogP contribution >= 0.6 is 15.9 Å². The van der Waals surface area contributed by atoms with Gasteiger partial charge in [-0.15, -0.1) is 0 Å². The molecule has 6 heteroatoms. The zero-order valence-electron chi connectivity index (χ0n) is 12.5. The minimum absolute atomic E-state index is 0.0377. The topological polar surface area (TPSA) is 58.6 Å². The van der Waals surface area contributed by atoms with Crippen LogP contribution in [0, 0.1) is 0 Å². The predicted octanol–water partition coefficient (Wildman–Crippen LogP) is 0.965. The molecule has 1 aromatic carbocycles. The maximum atomic E-state index is 12.2. The average Bonchev–Trinajstić information content (AvgIpc) is 2.95. The Balaban J connectivity index is 1.48. The van der Waals surface area contributed by atoms with E-state index >= 15 is 0 Å². The number of aromatic nitrogens is 1. The zero-order valence-corrected chi connectivity index (χ0v) is 14.0. The van der Waals surface area contributed by atoms with Gasteiger partial charge in [-0.3, -0.25) is 4.79 Å². The first kappa shape index (κ1) is 15.5. The fraction of sp³-hybridized carbons (Fsp3) is 0.438. The molecule has 22 heavy (non-hydrogen) atoms. The molecule has 1 aromatic heterocycles.